The number of aromatic nitrogens is 4. The molecule has 0 aliphatic heterocycles. The fourth-order valence-electron chi connectivity index (χ4n) is 1.08. The molecule has 0 unspecified atom stereocenters. The number of nitrogens with zero attached hydrogens (tertiary/aromatic N) is 4. The van der Waals surface area contributed by atoms with Gasteiger partial charge in [0, 0.05) is 12.6 Å². The van der Waals surface area contributed by atoms with Crippen molar-refractivity contribution in [3.8, 4) is 11.6 Å². The minimum atomic E-state index is 0.392. The molecule has 0 bridgehead atoms. The minimum Gasteiger partial charge on any atom is -0.435 e. The van der Waals surface area contributed by atoms with Gasteiger partial charge in [0.2, 0.25) is 5.88 Å². The largest absolute Gasteiger partial charge is 0.435 e. The number of rotatable bonds is 2. The molecular weight excluding hydrogens is 216 g/mol. The molecule has 2 heterocycles. The second-order valence-electron chi connectivity index (χ2n) is 3.05. The van der Waals surface area contributed by atoms with Gasteiger partial charge < -0.3 is 4.74 Å². The molecule has 2 aromatic rings. The predicted octanol–water partition coefficient (Wildman–Crippen LogP) is 1.96. The third-order valence-corrected chi connectivity index (χ3v) is 2.25. The van der Waals surface area contributed by atoms with E-state index in [1.165, 1.54) is 6.33 Å². The molecule has 2 rings (SSSR count). The van der Waals surface area contributed by atoms with Crippen molar-refractivity contribution in [1.29, 1.82) is 0 Å². The first-order chi connectivity index (χ1) is 7.16. The zero-order valence-corrected chi connectivity index (χ0v) is 9.06. The zero-order valence-electron chi connectivity index (χ0n) is 8.31. The van der Waals surface area contributed by atoms with Gasteiger partial charge in [-0.3, -0.25) is 4.68 Å². The van der Waals surface area contributed by atoms with E-state index < -0.39 is 0 Å². The maximum Gasteiger partial charge on any atom is 0.226 e. The molecule has 6 heteroatoms. The number of aryl methyl sites for hydroxylation is 1. The summed E-state index contributed by atoms with van der Waals surface area (Å²) in [7, 11) is 1.81. The lowest BCUT2D eigenvalue weighted by Gasteiger charge is -2.04. The van der Waals surface area contributed by atoms with Gasteiger partial charge in [-0.1, -0.05) is 11.6 Å². The van der Waals surface area contributed by atoms with Crippen LogP contribution in [0.4, 0.5) is 0 Å². The summed E-state index contributed by atoms with van der Waals surface area (Å²) in [6, 6.07) is 0. The first-order valence-corrected chi connectivity index (χ1v) is 4.68. The maximum absolute atomic E-state index is 5.83. The summed E-state index contributed by atoms with van der Waals surface area (Å²) in [5.74, 6) is 1.07. The first-order valence-electron chi connectivity index (χ1n) is 4.30. The molecular formula is C9H9ClN4O. The number of hydrogen-bond donors (Lipinski definition) is 0. The average Bonchev–Trinajstić information content (AvgIpc) is 2.59. The maximum atomic E-state index is 5.83. The zero-order chi connectivity index (χ0) is 10.8. The van der Waals surface area contributed by atoms with Gasteiger partial charge in [-0.05, 0) is 6.92 Å². The molecule has 0 spiro atoms. The monoisotopic (exact) mass is 224 g/mol. The van der Waals surface area contributed by atoms with E-state index in [0.717, 1.165) is 0 Å². The van der Waals surface area contributed by atoms with Crippen LogP contribution in [0.2, 0.25) is 5.15 Å². The highest BCUT2D eigenvalue weighted by Gasteiger charge is 2.07. The van der Waals surface area contributed by atoms with Crippen molar-refractivity contribution in [1.82, 2.24) is 19.7 Å². The quantitative estimate of drug-likeness (QED) is 0.732. The van der Waals surface area contributed by atoms with Crippen LogP contribution < -0.4 is 4.74 Å². The van der Waals surface area contributed by atoms with Crippen LogP contribution >= 0.6 is 11.6 Å². The van der Waals surface area contributed by atoms with Gasteiger partial charge in [0.25, 0.3) is 0 Å². The number of halogens is 1. The Morgan fingerprint density at radius 3 is 2.87 bits per heavy atom. The Bertz CT molecular complexity index is 483. The molecule has 0 saturated carbocycles. The summed E-state index contributed by atoms with van der Waals surface area (Å²) in [6.45, 7) is 1.80. The second kappa shape index (κ2) is 3.86. The molecule has 0 N–H and O–H groups in total. The molecule has 5 nitrogen and oxygen atoms in total. The molecule has 0 fully saturated rings. The molecule has 0 aliphatic carbocycles. The predicted molar refractivity (Wildman–Crippen MR) is 55.1 cm³/mol. The van der Waals surface area contributed by atoms with Crippen molar-refractivity contribution in [2.75, 3.05) is 0 Å². The van der Waals surface area contributed by atoms with E-state index in [1.807, 2.05) is 7.05 Å². The molecule has 15 heavy (non-hydrogen) atoms. The smallest absolute Gasteiger partial charge is 0.226 e. The van der Waals surface area contributed by atoms with Gasteiger partial charge in [0.05, 0.1) is 12.4 Å². The van der Waals surface area contributed by atoms with Crippen molar-refractivity contribution in [2.24, 2.45) is 7.05 Å². The van der Waals surface area contributed by atoms with Gasteiger partial charge in [-0.2, -0.15) is 5.10 Å². The third-order valence-electron chi connectivity index (χ3n) is 1.87. The SMILES string of the molecule is Cc1c(Cl)ncnc1Oc1cnn(C)c1. The molecule has 78 valence electrons. The van der Waals surface area contributed by atoms with Crippen LogP contribution in [-0.4, -0.2) is 19.7 Å². The van der Waals surface area contributed by atoms with Crippen LogP contribution in [0.25, 0.3) is 0 Å². The van der Waals surface area contributed by atoms with E-state index in [1.54, 1.807) is 24.0 Å². The summed E-state index contributed by atoms with van der Waals surface area (Å²) >= 11 is 5.83. The Hall–Kier alpha value is -1.62. The molecule has 0 aromatic carbocycles. The topological polar surface area (TPSA) is 52.8 Å². The Morgan fingerprint density at radius 2 is 2.20 bits per heavy atom. The Labute approximate surface area is 91.7 Å². The third kappa shape index (κ3) is 2.07. The molecule has 0 saturated heterocycles. The van der Waals surface area contributed by atoms with Crippen LogP contribution in [0.15, 0.2) is 18.7 Å². The summed E-state index contributed by atoms with van der Waals surface area (Å²) < 4.78 is 7.14. The second-order valence-corrected chi connectivity index (χ2v) is 3.40. The van der Waals surface area contributed by atoms with Gasteiger partial charge in [0.15, 0.2) is 5.75 Å². The Balaban J connectivity index is 2.28. The van der Waals surface area contributed by atoms with Crippen LogP contribution in [0, 0.1) is 6.92 Å². The highest BCUT2D eigenvalue weighted by molar-refractivity contribution is 6.30. The molecule has 2 aromatic heterocycles. The molecule has 0 aliphatic rings. The number of hydrogen-bond acceptors (Lipinski definition) is 4. The van der Waals surface area contributed by atoms with Crippen LogP contribution in [-0.2, 0) is 7.05 Å². The summed E-state index contributed by atoms with van der Waals surface area (Å²) in [5, 5.41) is 4.37. The van der Waals surface area contributed by atoms with Gasteiger partial charge >= 0.3 is 0 Å². The molecule has 0 atom stereocenters. The number of ether oxygens (including phenoxy) is 1. The summed E-state index contributed by atoms with van der Waals surface area (Å²) in [4.78, 5) is 7.83. The Kier molecular flexibility index (Phi) is 2.55. The fourth-order valence-corrected chi connectivity index (χ4v) is 1.20. The highest BCUT2D eigenvalue weighted by atomic mass is 35.5. The van der Waals surface area contributed by atoms with E-state index in [4.69, 9.17) is 16.3 Å². The van der Waals surface area contributed by atoms with Crippen molar-refractivity contribution >= 4 is 11.6 Å². The van der Waals surface area contributed by atoms with Gasteiger partial charge in [-0.25, -0.2) is 9.97 Å². The van der Waals surface area contributed by atoms with E-state index in [9.17, 15) is 0 Å². The fraction of sp³-hybridized carbons (Fsp3) is 0.222. The van der Waals surface area contributed by atoms with Crippen molar-refractivity contribution < 1.29 is 4.74 Å². The van der Waals surface area contributed by atoms with Gasteiger partial charge in [0.1, 0.15) is 11.5 Å². The standard InChI is InChI=1S/C9H9ClN4O/c1-6-8(10)11-5-12-9(6)15-7-3-13-14(2)4-7/h3-5H,1-2H3. The minimum absolute atomic E-state index is 0.392. The Morgan fingerprint density at radius 1 is 1.40 bits per heavy atom. The van der Waals surface area contributed by atoms with E-state index in [-0.39, 0.29) is 0 Å². The molecule has 0 radical (unpaired) electrons. The van der Waals surface area contributed by atoms with Crippen LogP contribution in [0.3, 0.4) is 0 Å². The van der Waals surface area contributed by atoms with Gasteiger partial charge in [-0.15, -0.1) is 0 Å². The van der Waals surface area contributed by atoms with Crippen molar-refractivity contribution in [3.63, 3.8) is 0 Å². The lowest BCUT2D eigenvalue weighted by Crippen LogP contribution is -1.92. The van der Waals surface area contributed by atoms with E-state index >= 15 is 0 Å². The normalized spacial score (nSPS) is 10.3. The highest BCUT2D eigenvalue weighted by Crippen LogP contribution is 2.24. The van der Waals surface area contributed by atoms with Crippen molar-refractivity contribution in [2.45, 2.75) is 6.92 Å². The summed E-state index contributed by atoms with van der Waals surface area (Å²) in [5.41, 5.74) is 0.711. The lowest BCUT2D eigenvalue weighted by molar-refractivity contribution is 0.457. The average molecular weight is 225 g/mol. The summed E-state index contributed by atoms with van der Waals surface area (Å²) in [6.07, 6.45) is 4.71. The van der Waals surface area contributed by atoms with E-state index in [0.29, 0.717) is 22.3 Å². The van der Waals surface area contributed by atoms with Crippen LogP contribution in [0.5, 0.6) is 11.6 Å². The molecule has 0 amide bonds. The van der Waals surface area contributed by atoms with Crippen LogP contribution in [0.1, 0.15) is 5.56 Å². The lowest BCUT2D eigenvalue weighted by atomic mass is 10.4. The first kappa shape index (κ1) is 9.92. The van der Waals surface area contributed by atoms with E-state index in [2.05, 4.69) is 15.1 Å². The van der Waals surface area contributed by atoms with Crippen molar-refractivity contribution in [3.05, 3.63) is 29.4 Å².